The standard InChI is InChI=1S/C16H22FNO/c17-15-3-1-2-13(8-15)16(19)10-18-9-14-7-11-4-5-12(14)6-11/h1-3,8,11-12,14,16,18-19H,4-7,9-10H2. The largest absolute Gasteiger partial charge is 0.387 e. The fraction of sp³-hybridized carbons (Fsp3) is 0.625. The van der Waals surface area contributed by atoms with E-state index < -0.39 is 6.10 Å². The highest BCUT2D eigenvalue weighted by atomic mass is 19.1. The summed E-state index contributed by atoms with van der Waals surface area (Å²) in [6, 6.07) is 6.22. The van der Waals surface area contributed by atoms with Gasteiger partial charge in [0.15, 0.2) is 0 Å². The van der Waals surface area contributed by atoms with E-state index in [-0.39, 0.29) is 5.82 Å². The van der Waals surface area contributed by atoms with Gasteiger partial charge in [0.25, 0.3) is 0 Å². The number of halogens is 1. The van der Waals surface area contributed by atoms with Gasteiger partial charge in [0, 0.05) is 6.54 Å². The third-order valence-corrected chi connectivity index (χ3v) is 4.86. The van der Waals surface area contributed by atoms with Crippen molar-refractivity contribution in [1.29, 1.82) is 0 Å². The summed E-state index contributed by atoms with van der Waals surface area (Å²) in [5.41, 5.74) is 0.653. The van der Waals surface area contributed by atoms with Gasteiger partial charge in [-0.3, -0.25) is 0 Å². The predicted molar refractivity (Wildman–Crippen MR) is 73.2 cm³/mol. The van der Waals surface area contributed by atoms with E-state index in [1.807, 2.05) is 0 Å². The summed E-state index contributed by atoms with van der Waals surface area (Å²) in [5, 5.41) is 13.4. The van der Waals surface area contributed by atoms with Crippen molar-refractivity contribution in [3.63, 3.8) is 0 Å². The first kappa shape index (κ1) is 13.1. The van der Waals surface area contributed by atoms with Gasteiger partial charge in [-0.05, 0) is 61.3 Å². The molecule has 3 heteroatoms. The third-order valence-electron chi connectivity index (χ3n) is 4.86. The van der Waals surface area contributed by atoms with Crippen LogP contribution in [0.25, 0.3) is 0 Å². The second kappa shape index (κ2) is 5.59. The van der Waals surface area contributed by atoms with E-state index in [4.69, 9.17) is 0 Å². The minimum atomic E-state index is -0.616. The minimum Gasteiger partial charge on any atom is -0.387 e. The summed E-state index contributed by atoms with van der Waals surface area (Å²) in [7, 11) is 0. The molecule has 0 aliphatic heterocycles. The van der Waals surface area contributed by atoms with Crippen LogP contribution in [-0.4, -0.2) is 18.2 Å². The molecule has 2 aliphatic rings. The number of hydrogen-bond acceptors (Lipinski definition) is 2. The quantitative estimate of drug-likeness (QED) is 0.856. The molecule has 1 aromatic carbocycles. The maximum Gasteiger partial charge on any atom is 0.123 e. The van der Waals surface area contributed by atoms with E-state index in [9.17, 15) is 9.50 Å². The lowest BCUT2D eigenvalue weighted by Gasteiger charge is -2.22. The zero-order valence-corrected chi connectivity index (χ0v) is 11.2. The Labute approximate surface area is 114 Å². The Morgan fingerprint density at radius 3 is 2.89 bits per heavy atom. The molecule has 2 nitrogen and oxygen atoms in total. The van der Waals surface area contributed by atoms with Crippen molar-refractivity contribution < 1.29 is 9.50 Å². The van der Waals surface area contributed by atoms with Crippen molar-refractivity contribution >= 4 is 0 Å². The smallest absolute Gasteiger partial charge is 0.123 e. The number of aliphatic hydroxyl groups excluding tert-OH is 1. The van der Waals surface area contributed by atoms with Gasteiger partial charge in [0.05, 0.1) is 6.10 Å². The van der Waals surface area contributed by atoms with Gasteiger partial charge in [0.1, 0.15) is 5.82 Å². The number of hydrogen-bond donors (Lipinski definition) is 2. The first-order valence-electron chi connectivity index (χ1n) is 7.36. The Balaban J connectivity index is 1.45. The molecule has 4 unspecified atom stereocenters. The van der Waals surface area contributed by atoms with E-state index >= 15 is 0 Å². The zero-order valence-electron chi connectivity index (χ0n) is 11.2. The second-order valence-electron chi connectivity index (χ2n) is 6.16. The number of rotatable bonds is 5. The molecule has 0 saturated heterocycles. The number of aliphatic hydroxyl groups is 1. The van der Waals surface area contributed by atoms with Crippen LogP contribution in [0.4, 0.5) is 4.39 Å². The number of nitrogens with one attached hydrogen (secondary N) is 1. The van der Waals surface area contributed by atoms with Crippen molar-refractivity contribution in [1.82, 2.24) is 5.32 Å². The van der Waals surface area contributed by atoms with Crippen LogP contribution >= 0.6 is 0 Å². The SMILES string of the molecule is OC(CNCC1CC2CCC1C2)c1cccc(F)c1. The molecular weight excluding hydrogens is 241 g/mol. The van der Waals surface area contributed by atoms with Crippen molar-refractivity contribution in [2.24, 2.45) is 17.8 Å². The molecule has 0 spiro atoms. The van der Waals surface area contributed by atoms with E-state index in [0.29, 0.717) is 12.1 Å². The van der Waals surface area contributed by atoms with Gasteiger partial charge < -0.3 is 10.4 Å². The molecule has 104 valence electrons. The molecule has 3 rings (SSSR count). The maximum absolute atomic E-state index is 13.1. The summed E-state index contributed by atoms with van der Waals surface area (Å²) in [4.78, 5) is 0. The average molecular weight is 263 g/mol. The molecule has 2 fully saturated rings. The summed E-state index contributed by atoms with van der Waals surface area (Å²) in [5.74, 6) is 2.37. The van der Waals surface area contributed by atoms with Crippen LogP contribution in [0.1, 0.15) is 37.4 Å². The fourth-order valence-corrected chi connectivity index (χ4v) is 3.86. The van der Waals surface area contributed by atoms with E-state index in [0.717, 1.165) is 24.3 Å². The fourth-order valence-electron chi connectivity index (χ4n) is 3.86. The van der Waals surface area contributed by atoms with Crippen LogP contribution in [0, 0.1) is 23.6 Å². The molecule has 2 N–H and O–H groups in total. The predicted octanol–water partition coefficient (Wildman–Crippen LogP) is 2.88. The van der Waals surface area contributed by atoms with E-state index in [1.54, 1.807) is 12.1 Å². The average Bonchev–Trinajstić information content (AvgIpc) is 3.01. The molecule has 2 bridgehead atoms. The normalized spacial score (nSPS) is 30.7. The lowest BCUT2D eigenvalue weighted by molar-refractivity contribution is 0.169. The van der Waals surface area contributed by atoms with Crippen LogP contribution in [-0.2, 0) is 0 Å². The van der Waals surface area contributed by atoms with Crippen molar-refractivity contribution in [2.75, 3.05) is 13.1 Å². The summed E-state index contributed by atoms with van der Waals surface area (Å²) in [6.07, 6.45) is 4.97. The molecule has 0 radical (unpaired) electrons. The molecule has 0 heterocycles. The number of benzene rings is 1. The lowest BCUT2D eigenvalue weighted by atomic mass is 9.89. The Morgan fingerprint density at radius 2 is 2.21 bits per heavy atom. The molecule has 4 atom stereocenters. The summed E-state index contributed by atoms with van der Waals surface area (Å²) < 4.78 is 13.1. The van der Waals surface area contributed by atoms with Crippen LogP contribution in [0.2, 0.25) is 0 Å². The first-order chi connectivity index (χ1) is 9.22. The molecule has 2 aliphatic carbocycles. The van der Waals surface area contributed by atoms with Crippen molar-refractivity contribution in [3.8, 4) is 0 Å². The van der Waals surface area contributed by atoms with E-state index in [2.05, 4.69) is 5.32 Å². The Hall–Kier alpha value is -0.930. The van der Waals surface area contributed by atoms with Gasteiger partial charge in [-0.1, -0.05) is 18.6 Å². The molecule has 0 amide bonds. The third kappa shape index (κ3) is 2.98. The molecule has 0 aromatic heterocycles. The highest BCUT2D eigenvalue weighted by molar-refractivity contribution is 5.18. The van der Waals surface area contributed by atoms with Crippen LogP contribution in [0.15, 0.2) is 24.3 Å². The van der Waals surface area contributed by atoms with Crippen molar-refractivity contribution in [2.45, 2.75) is 31.8 Å². The molecule has 19 heavy (non-hydrogen) atoms. The van der Waals surface area contributed by atoms with Crippen LogP contribution in [0.5, 0.6) is 0 Å². The van der Waals surface area contributed by atoms with Gasteiger partial charge >= 0.3 is 0 Å². The molecule has 2 saturated carbocycles. The van der Waals surface area contributed by atoms with Crippen LogP contribution in [0.3, 0.4) is 0 Å². The lowest BCUT2D eigenvalue weighted by Crippen LogP contribution is -2.29. The monoisotopic (exact) mass is 263 g/mol. The topological polar surface area (TPSA) is 32.3 Å². The van der Waals surface area contributed by atoms with Gasteiger partial charge in [-0.15, -0.1) is 0 Å². The Bertz CT molecular complexity index is 437. The Morgan fingerprint density at radius 1 is 1.32 bits per heavy atom. The maximum atomic E-state index is 13.1. The Kier molecular flexibility index (Phi) is 3.85. The molecular formula is C16H22FNO. The van der Waals surface area contributed by atoms with Crippen molar-refractivity contribution in [3.05, 3.63) is 35.6 Å². The number of fused-ring (bicyclic) bond motifs is 2. The highest BCUT2D eigenvalue weighted by Gasteiger charge is 2.38. The van der Waals surface area contributed by atoms with E-state index in [1.165, 1.54) is 37.8 Å². The van der Waals surface area contributed by atoms with Crippen LogP contribution < -0.4 is 5.32 Å². The summed E-state index contributed by atoms with van der Waals surface area (Å²) >= 11 is 0. The van der Waals surface area contributed by atoms with Gasteiger partial charge in [-0.25, -0.2) is 4.39 Å². The molecule has 1 aromatic rings. The first-order valence-corrected chi connectivity index (χ1v) is 7.36. The summed E-state index contributed by atoms with van der Waals surface area (Å²) in [6.45, 7) is 1.50. The second-order valence-corrected chi connectivity index (χ2v) is 6.16. The minimum absolute atomic E-state index is 0.287. The zero-order chi connectivity index (χ0) is 13.2. The van der Waals surface area contributed by atoms with Gasteiger partial charge in [0.2, 0.25) is 0 Å². The highest BCUT2D eigenvalue weighted by Crippen LogP contribution is 2.47. The van der Waals surface area contributed by atoms with Gasteiger partial charge in [-0.2, -0.15) is 0 Å².